The van der Waals surface area contributed by atoms with Crippen molar-refractivity contribution in [3.05, 3.63) is 48.6 Å². The summed E-state index contributed by atoms with van der Waals surface area (Å²) < 4.78 is 16.7. The van der Waals surface area contributed by atoms with Crippen LogP contribution in [0.3, 0.4) is 0 Å². The number of carbonyl (C=O) groups is 3. The Morgan fingerprint density at radius 2 is 0.672 bits per heavy atom. The Morgan fingerprint density at radius 1 is 0.362 bits per heavy atom. The highest BCUT2D eigenvalue weighted by Crippen LogP contribution is 2.14. The highest BCUT2D eigenvalue weighted by Gasteiger charge is 2.19. The summed E-state index contributed by atoms with van der Waals surface area (Å²) >= 11 is 0. The Hall–Kier alpha value is -2.63. The van der Waals surface area contributed by atoms with Crippen LogP contribution in [0.15, 0.2) is 48.6 Å². The van der Waals surface area contributed by atoms with Crippen molar-refractivity contribution in [1.29, 1.82) is 0 Å². The van der Waals surface area contributed by atoms with Gasteiger partial charge in [-0.1, -0.05) is 179 Å². The van der Waals surface area contributed by atoms with Crippen molar-refractivity contribution < 1.29 is 28.6 Å². The Kier molecular flexibility index (Phi) is 44.9. The van der Waals surface area contributed by atoms with Crippen molar-refractivity contribution >= 4 is 17.9 Å². The topological polar surface area (TPSA) is 78.9 Å². The molecule has 0 aliphatic carbocycles. The molecule has 6 nitrogen and oxygen atoms in total. The summed E-state index contributed by atoms with van der Waals surface area (Å²) in [7, 11) is 0. The molecule has 0 aromatic carbocycles. The van der Waals surface area contributed by atoms with Crippen LogP contribution >= 0.6 is 0 Å². The molecule has 0 rings (SSSR count). The number of esters is 3. The van der Waals surface area contributed by atoms with Crippen molar-refractivity contribution in [3.63, 3.8) is 0 Å². The number of ether oxygens (including phenoxy) is 3. The highest BCUT2D eigenvalue weighted by atomic mass is 16.6. The van der Waals surface area contributed by atoms with Gasteiger partial charge in [-0.2, -0.15) is 0 Å². The molecule has 0 amide bonds. The van der Waals surface area contributed by atoms with Crippen molar-refractivity contribution in [2.45, 2.75) is 252 Å². The molecular weight excluding hydrogens is 721 g/mol. The Labute approximate surface area is 358 Å². The van der Waals surface area contributed by atoms with E-state index in [2.05, 4.69) is 69.4 Å². The monoisotopic (exact) mass is 813 g/mol. The molecule has 0 heterocycles. The molecule has 0 aliphatic heterocycles. The summed E-state index contributed by atoms with van der Waals surface area (Å²) in [6, 6.07) is 0. The average molecular weight is 813 g/mol. The maximum atomic E-state index is 12.7. The van der Waals surface area contributed by atoms with Gasteiger partial charge >= 0.3 is 17.9 Å². The number of rotatable bonds is 44. The maximum absolute atomic E-state index is 12.7. The van der Waals surface area contributed by atoms with E-state index in [0.29, 0.717) is 19.3 Å². The highest BCUT2D eigenvalue weighted by molar-refractivity contribution is 5.71. The molecule has 0 aromatic rings. The lowest BCUT2D eigenvalue weighted by Gasteiger charge is -2.18. The Bertz CT molecular complexity index is 1030. The Balaban J connectivity index is 4.36. The van der Waals surface area contributed by atoms with Crippen LogP contribution in [0.25, 0.3) is 0 Å². The fraction of sp³-hybridized carbons (Fsp3) is 0.788. The third kappa shape index (κ3) is 44.5. The first-order valence-corrected chi connectivity index (χ1v) is 24.6. The molecule has 1 atom stereocenters. The van der Waals surface area contributed by atoms with E-state index in [1.807, 2.05) is 0 Å². The number of carbonyl (C=O) groups excluding carboxylic acids is 3. The molecule has 6 heteroatoms. The zero-order valence-corrected chi connectivity index (χ0v) is 38.3. The number of hydrogen-bond acceptors (Lipinski definition) is 6. The van der Waals surface area contributed by atoms with Crippen LogP contribution in [0.2, 0.25) is 0 Å². The van der Waals surface area contributed by atoms with Crippen LogP contribution in [-0.2, 0) is 28.6 Å². The van der Waals surface area contributed by atoms with E-state index in [1.165, 1.54) is 122 Å². The van der Waals surface area contributed by atoms with E-state index < -0.39 is 6.10 Å². The van der Waals surface area contributed by atoms with Gasteiger partial charge in [-0.05, 0) is 96.3 Å². The molecule has 1 unspecified atom stereocenters. The van der Waals surface area contributed by atoms with E-state index in [0.717, 1.165) is 83.5 Å². The molecule has 0 aromatic heterocycles. The van der Waals surface area contributed by atoms with Gasteiger partial charge in [-0.3, -0.25) is 14.4 Å². The smallest absolute Gasteiger partial charge is 0.306 e. The van der Waals surface area contributed by atoms with Gasteiger partial charge < -0.3 is 14.2 Å². The van der Waals surface area contributed by atoms with Crippen molar-refractivity contribution in [2.24, 2.45) is 0 Å². The number of hydrogen-bond donors (Lipinski definition) is 0. The lowest BCUT2D eigenvalue weighted by atomic mass is 10.1. The van der Waals surface area contributed by atoms with Crippen molar-refractivity contribution in [3.8, 4) is 0 Å². The molecular formula is C52H92O6. The van der Waals surface area contributed by atoms with E-state index in [4.69, 9.17) is 14.2 Å². The first-order valence-electron chi connectivity index (χ1n) is 24.6. The lowest BCUT2D eigenvalue weighted by Crippen LogP contribution is -2.30. The first-order chi connectivity index (χ1) is 28.5. The molecule has 0 spiro atoms. The molecule has 58 heavy (non-hydrogen) atoms. The average Bonchev–Trinajstić information content (AvgIpc) is 3.22. The van der Waals surface area contributed by atoms with Gasteiger partial charge in [0.05, 0.1) is 0 Å². The maximum Gasteiger partial charge on any atom is 0.306 e. The lowest BCUT2D eigenvalue weighted by molar-refractivity contribution is -0.167. The molecule has 0 saturated heterocycles. The normalized spacial score (nSPS) is 12.4. The quantitative estimate of drug-likeness (QED) is 0.0264. The minimum atomic E-state index is -0.792. The minimum Gasteiger partial charge on any atom is -0.462 e. The van der Waals surface area contributed by atoms with Gasteiger partial charge in [-0.15, -0.1) is 0 Å². The summed E-state index contributed by atoms with van der Waals surface area (Å²) in [6.07, 6.45) is 55.4. The van der Waals surface area contributed by atoms with E-state index in [1.54, 1.807) is 0 Å². The fourth-order valence-corrected chi connectivity index (χ4v) is 6.82. The number of allylic oxidation sites excluding steroid dienone is 8. The molecule has 336 valence electrons. The zero-order valence-electron chi connectivity index (χ0n) is 38.3. The van der Waals surface area contributed by atoms with Crippen molar-refractivity contribution in [1.82, 2.24) is 0 Å². The minimum absolute atomic E-state index is 0.0912. The van der Waals surface area contributed by atoms with Crippen LogP contribution in [0.1, 0.15) is 245 Å². The second kappa shape index (κ2) is 47.1. The fourth-order valence-electron chi connectivity index (χ4n) is 6.82. The largest absolute Gasteiger partial charge is 0.462 e. The van der Waals surface area contributed by atoms with Gasteiger partial charge in [0, 0.05) is 19.3 Å². The third-order valence-electron chi connectivity index (χ3n) is 10.5. The summed E-state index contributed by atoms with van der Waals surface area (Å²) in [4.78, 5) is 37.8. The second-order valence-corrected chi connectivity index (χ2v) is 16.3. The predicted octanol–water partition coefficient (Wildman–Crippen LogP) is 15.9. The molecule has 0 saturated carbocycles. The van der Waals surface area contributed by atoms with Crippen LogP contribution in [0.5, 0.6) is 0 Å². The number of unbranched alkanes of at least 4 members (excludes halogenated alkanes) is 25. The van der Waals surface area contributed by atoms with Gasteiger partial charge in [-0.25, -0.2) is 0 Å². The van der Waals surface area contributed by atoms with Gasteiger partial charge in [0.25, 0.3) is 0 Å². The molecule has 0 aliphatic rings. The molecule has 0 radical (unpaired) electrons. The van der Waals surface area contributed by atoms with E-state index >= 15 is 0 Å². The molecule has 0 fully saturated rings. The van der Waals surface area contributed by atoms with Crippen LogP contribution < -0.4 is 0 Å². The SMILES string of the molecule is CC/C=C\C/C=C\CCCCC(=O)OCC(COC(=O)CCCCCCCCC/C=C\CCCCCCCC)OC(=O)CCCCC/C=C\CCCCCCCCC. The summed E-state index contributed by atoms with van der Waals surface area (Å²) in [5, 5.41) is 0. The van der Waals surface area contributed by atoms with Gasteiger partial charge in [0.2, 0.25) is 0 Å². The van der Waals surface area contributed by atoms with E-state index in [-0.39, 0.29) is 31.1 Å². The summed E-state index contributed by atoms with van der Waals surface area (Å²) in [5.74, 6) is -0.947. The summed E-state index contributed by atoms with van der Waals surface area (Å²) in [5.41, 5.74) is 0. The zero-order chi connectivity index (χ0) is 42.3. The standard InChI is InChI=1S/C52H92O6/c1-4-7-10-13-16-19-21-23-25-26-27-29-30-33-36-39-42-45-51(54)57-48-49(47-56-50(53)44-41-38-35-32-18-15-12-9-6-3)58-52(55)46-43-40-37-34-31-28-24-22-20-17-14-11-8-5-2/h9,12,18,23,25,28,31-32,49H,4-8,10-11,13-17,19-22,24,26-27,29-30,33-48H2,1-3H3/b12-9-,25-23-,31-28-,32-18-. The first kappa shape index (κ1) is 55.4. The summed E-state index contributed by atoms with van der Waals surface area (Å²) in [6.45, 7) is 6.46. The molecule has 0 N–H and O–H groups in total. The molecule has 0 bridgehead atoms. The predicted molar refractivity (Wildman–Crippen MR) is 247 cm³/mol. The van der Waals surface area contributed by atoms with Crippen LogP contribution in [-0.4, -0.2) is 37.2 Å². The van der Waals surface area contributed by atoms with E-state index in [9.17, 15) is 14.4 Å². The third-order valence-corrected chi connectivity index (χ3v) is 10.5. The second-order valence-electron chi connectivity index (χ2n) is 16.3. The van der Waals surface area contributed by atoms with Gasteiger partial charge in [0.1, 0.15) is 13.2 Å². The van der Waals surface area contributed by atoms with Crippen molar-refractivity contribution in [2.75, 3.05) is 13.2 Å². The Morgan fingerprint density at radius 3 is 1.10 bits per heavy atom. The van der Waals surface area contributed by atoms with Gasteiger partial charge in [0.15, 0.2) is 6.10 Å². The van der Waals surface area contributed by atoms with Crippen LogP contribution in [0.4, 0.5) is 0 Å². The van der Waals surface area contributed by atoms with Crippen LogP contribution in [0, 0.1) is 0 Å².